The van der Waals surface area contributed by atoms with Crippen LogP contribution in [0.4, 0.5) is 13.2 Å². The number of pyridine rings is 2. The van der Waals surface area contributed by atoms with Crippen molar-refractivity contribution in [3.8, 4) is 34.4 Å². The van der Waals surface area contributed by atoms with Crippen LogP contribution in [0.1, 0.15) is 126 Å². The first kappa shape index (κ1) is 66.8. The Morgan fingerprint density at radius 1 is 0.791 bits per heavy atom. The van der Waals surface area contributed by atoms with Crippen molar-refractivity contribution in [2.24, 2.45) is 0 Å². The number of unbranched alkanes of at least 4 members (excludes halogenated alkanes) is 6. The fraction of sp³-hybridized carbons (Fsp3) is 0.246. The number of carbonyl (C=O) groups is 2. The van der Waals surface area contributed by atoms with E-state index in [0.717, 1.165) is 65.3 Å². The molecule has 8 aromatic rings. The number of thiophene rings is 1. The van der Waals surface area contributed by atoms with E-state index in [2.05, 4.69) is 140 Å². The van der Waals surface area contributed by atoms with E-state index in [-0.39, 0.29) is 48.6 Å². The van der Waals surface area contributed by atoms with Gasteiger partial charge in [0.25, 0.3) is 0 Å². The van der Waals surface area contributed by atoms with E-state index in [1.54, 1.807) is 29.7 Å². The molecule has 0 unspecified atom stereocenters. The SMILES string of the molecule is C\C=C(/C=C([NH-])/C([NH-])=C/C(=N)C(F)(F)F)c1sc(CCCCCC)cc1CCCCCC.Cc1cccc(C)c1-c1ccc2ccc3c(C#Cc4ccnc(-c5cc(C(=O)O)cc(C6=CC(C(=O)O)=CC[N-]6)n5)c4)ccc4ccc1c2c43.[N-]=C=S.[Ru+4]. The fourth-order valence-electron chi connectivity index (χ4n) is 10.2. The predicted octanol–water partition coefficient (Wildman–Crippen LogP) is 19.7. The van der Waals surface area contributed by atoms with Crippen molar-refractivity contribution in [3.63, 3.8) is 0 Å². The largest absolute Gasteiger partial charge is 4.00 e. The molecule has 0 saturated heterocycles. The Morgan fingerprint density at radius 2 is 1.41 bits per heavy atom. The minimum absolute atomic E-state index is 0. The van der Waals surface area contributed by atoms with Gasteiger partial charge in [-0.05, 0) is 155 Å². The number of thiocarbonyl (C=S) groups is 1. The number of aliphatic carboxylic acids is 1. The molecule has 0 saturated carbocycles. The van der Waals surface area contributed by atoms with Crippen LogP contribution in [-0.2, 0) is 37.1 Å². The first-order valence-electron chi connectivity index (χ1n) is 28.0. The summed E-state index contributed by atoms with van der Waals surface area (Å²) in [5.41, 5.74) is 23.2. The van der Waals surface area contributed by atoms with Crippen LogP contribution >= 0.6 is 23.6 Å². The van der Waals surface area contributed by atoms with E-state index in [1.807, 2.05) is 13.0 Å². The van der Waals surface area contributed by atoms with Gasteiger partial charge >= 0.3 is 37.6 Å². The summed E-state index contributed by atoms with van der Waals surface area (Å²) in [6.45, 7) is 10.7. The molecule has 440 valence electrons. The van der Waals surface area contributed by atoms with Gasteiger partial charge in [0.2, 0.25) is 0 Å². The summed E-state index contributed by atoms with van der Waals surface area (Å²) in [5.74, 6) is 4.45. The number of carboxylic acid groups (broad SMARTS) is 2. The summed E-state index contributed by atoms with van der Waals surface area (Å²) in [7, 11) is 0. The van der Waals surface area contributed by atoms with Gasteiger partial charge in [0, 0.05) is 32.8 Å². The van der Waals surface area contributed by atoms with Gasteiger partial charge in [-0.25, -0.2) is 14.6 Å². The molecule has 5 aromatic carbocycles. The zero-order valence-corrected chi connectivity index (χ0v) is 51.7. The molecular formula is C69H64F3N7O4RuS2. The number of allylic oxidation sites excluding steroid dienone is 4. The van der Waals surface area contributed by atoms with Gasteiger partial charge in [0.15, 0.2) is 0 Å². The molecule has 86 heavy (non-hydrogen) atoms. The van der Waals surface area contributed by atoms with E-state index in [0.29, 0.717) is 28.7 Å². The van der Waals surface area contributed by atoms with E-state index in [1.165, 1.54) is 115 Å². The number of rotatable bonds is 19. The van der Waals surface area contributed by atoms with Gasteiger partial charge in [0.05, 0.1) is 22.5 Å². The molecule has 0 bridgehead atoms. The molecule has 0 radical (unpaired) electrons. The fourth-order valence-corrected chi connectivity index (χ4v) is 11.5. The number of benzene rings is 5. The second-order valence-corrected chi connectivity index (χ2v) is 21.7. The Hall–Kier alpha value is -8.38. The number of nitrogens with one attached hydrogen (secondary N) is 3. The summed E-state index contributed by atoms with van der Waals surface area (Å²) in [6, 6.07) is 32.4. The average molecular weight is 1280 g/mol. The Bertz CT molecular complexity index is 4050. The van der Waals surface area contributed by atoms with Crippen molar-refractivity contribution in [2.45, 2.75) is 105 Å². The molecule has 17 heteroatoms. The number of hydrogen-bond donors (Lipinski definition) is 3. The number of hydrogen-bond acceptors (Lipinski definition) is 7. The molecule has 0 atom stereocenters. The average Bonchev–Trinajstić information content (AvgIpc) is 1.09. The van der Waals surface area contributed by atoms with Crippen molar-refractivity contribution in [1.82, 2.24) is 9.97 Å². The van der Waals surface area contributed by atoms with Crippen molar-refractivity contribution in [3.05, 3.63) is 222 Å². The molecule has 0 amide bonds. The Balaban J connectivity index is 0.000000286. The van der Waals surface area contributed by atoms with E-state index >= 15 is 0 Å². The van der Waals surface area contributed by atoms with Crippen LogP contribution in [0.2, 0.25) is 0 Å². The number of alkyl halides is 3. The molecule has 0 aliphatic carbocycles. The third kappa shape index (κ3) is 16.7. The van der Waals surface area contributed by atoms with Crippen LogP contribution in [0.15, 0.2) is 151 Å². The molecule has 9 rings (SSSR count). The zero-order valence-electron chi connectivity index (χ0n) is 48.3. The topological polar surface area (TPSA) is 208 Å². The maximum Gasteiger partial charge on any atom is 4.00 e. The molecular weight excluding hydrogens is 1210 g/mol. The van der Waals surface area contributed by atoms with Crippen LogP contribution < -0.4 is 0 Å². The summed E-state index contributed by atoms with van der Waals surface area (Å²) in [6.07, 6.45) is 14.6. The minimum Gasteiger partial charge on any atom is -0.753 e. The molecule has 11 nitrogen and oxygen atoms in total. The number of aromatic nitrogens is 2. The van der Waals surface area contributed by atoms with E-state index < -0.39 is 29.5 Å². The molecule has 0 fully saturated rings. The standard InChI is InChI=1S/C43H28N3O4.C25H36F3N3S.CNS.Ru/c1-24-4-3-5-25(2)39(24)33-14-11-29-10-13-32-27(8-9-28-12-15-34(33)41(29)40(28)32)7-6-26-16-18-44-35(20-26)37-22-31(43(49)50)23-38(46-37)36-21-30(42(47)48)17-19-45-36;1-4-7-9-11-13-19-15-20(14-12-10-8-5-2)32-24(19)18(6-3)16-21(29)22(30)17-23(31)25(26,27)28;2-1-3;/h3-5,8-18,20-23H,19H2,1-2H3,(H,47,48)(H,49,50);6,15-17,29-31H,4-5,7-14H2,1-3H3;;/q-1;-2;-1;+4/b;18-6+,21-16-,22-17-,31-23?;;. The van der Waals surface area contributed by atoms with Crippen molar-refractivity contribution >= 4 is 90.0 Å². The van der Waals surface area contributed by atoms with Crippen molar-refractivity contribution in [1.29, 1.82) is 5.41 Å². The Morgan fingerprint density at radius 3 is 2.05 bits per heavy atom. The molecule has 0 spiro atoms. The Labute approximate surface area is 522 Å². The van der Waals surface area contributed by atoms with Gasteiger partial charge in [-0.3, -0.25) is 10.4 Å². The van der Waals surface area contributed by atoms with Gasteiger partial charge in [-0.1, -0.05) is 161 Å². The van der Waals surface area contributed by atoms with Gasteiger partial charge in [-0.15, -0.1) is 23.6 Å². The first-order valence-corrected chi connectivity index (χ1v) is 29.2. The second kappa shape index (κ2) is 31.1. The first-order chi connectivity index (χ1) is 40.8. The molecule has 5 N–H and O–H groups in total. The smallest absolute Gasteiger partial charge is 0.753 e. The quantitative estimate of drug-likeness (QED) is 0.0136. The third-order valence-corrected chi connectivity index (χ3v) is 15.7. The van der Waals surface area contributed by atoms with Gasteiger partial charge in [-0.2, -0.15) is 29.7 Å². The Kier molecular flexibility index (Phi) is 24.2. The zero-order chi connectivity index (χ0) is 61.4. The second-order valence-electron chi connectivity index (χ2n) is 20.4. The van der Waals surface area contributed by atoms with E-state index in [9.17, 15) is 33.0 Å². The summed E-state index contributed by atoms with van der Waals surface area (Å²) in [5, 5.41) is 46.2. The van der Waals surface area contributed by atoms with Gasteiger partial charge in [0.1, 0.15) is 5.71 Å². The van der Waals surface area contributed by atoms with Crippen LogP contribution in [-0.4, -0.2) is 55.7 Å². The monoisotopic (exact) mass is 1280 g/mol. The minimum atomic E-state index is -4.82. The van der Waals surface area contributed by atoms with Gasteiger partial charge < -0.3 is 32.4 Å². The van der Waals surface area contributed by atoms with Crippen LogP contribution in [0.5, 0.6) is 0 Å². The molecule has 4 heterocycles. The van der Waals surface area contributed by atoms with Crippen molar-refractivity contribution in [2.75, 3.05) is 6.54 Å². The van der Waals surface area contributed by atoms with Crippen LogP contribution in [0.25, 0.3) is 88.3 Å². The third-order valence-electron chi connectivity index (χ3n) is 14.4. The number of aryl methyl sites for hydroxylation is 4. The number of halogens is 3. The van der Waals surface area contributed by atoms with E-state index in [4.69, 9.17) is 22.3 Å². The normalized spacial score (nSPS) is 12.5. The summed E-state index contributed by atoms with van der Waals surface area (Å²) < 4.78 is 37.8. The van der Waals surface area contributed by atoms with Crippen LogP contribution in [0.3, 0.4) is 0 Å². The molecule has 1 aliphatic heterocycles. The maximum atomic E-state index is 12.6. The number of aromatic carboxylic acids is 1. The maximum absolute atomic E-state index is 12.6. The summed E-state index contributed by atoms with van der Waals surface area (Å²) in [4.78, 5) is 35.0. The number of nitrogens with zero attached hydrogens (tertiary/aromatic N) is 4. The molecule has 3 aromatic heterocycles. The number of isothiocyanates is 1. The predicted molar refractivity (Wildman–Crippen MR) is 346 cm³/mol. The number of carboxylic acids is 2. The van der Waals surface area contributed by atoms with Crippen LogP contribution in [0, 0.1) is 31.1 Å². The summed E-state index contributed by atoms with van der Waals surface area (Å²) >= 11 is 5.39. The van der Waals surface area contributed by atoms with Crippen molar-refractivity contribution < 1.29 is 52.5 Å². The molecule has 1 aliphatic rings.